The van der Waals surface area contributed by atoms with Crippen molar-refractivity contribution in [1.29, 1.82) is 0 Å². The van der Waals surface area contributed by atoms with Crippen molar-refractivity contribution in [2.24, 2.45) is 0 Å². The van der Waals surface area contributed by atoms with E-state index in [9.17, 15) is 9.90 Å². The summed E-state index contributed by atoms with van der Waals surface area (Å²) in [4.78, 5) is 16.7. The summed E-state index contributed by atoms with van der Waals surface area (Å²) in [5, 5.41) is 14.7. The summed E-state index contributed by atoms with van der Waals surface area (Å²) in [6, 6.07) is 9.79. The lowest BCUT2D eigenvalue weighted by atomic mass is 9.93. The van der Waals surface area contributed by atoms with Crippen LogP contribution in [0.5, 0.6) is 0 Å². The van der Waals surface area contributed by atoms with Crippen LogP contribution in [0.2, 0.25) is 5.02 Å². The second-order valence-electron chi connectivity index (χ2n) is 7.84. The van der Waals surface area contributed by atoms with Crippen LogP contribution in [0.3, 0.4) is 0 Å². The van der Waals surface area contributed by atoms with E-state index in [4.69, 9.17) is 16.1 Å². The van der Waals surface area contributed by atoms with E-state index in [-0.39, 0.29) is 11.7 Å². The van der Waals surface area contributed by atoms with Gasteiger partial charge in [0.2, 0.25) is 5.76 Å². The van der Waals surface area contributed by atoms with Gasteiger partial charge in [0.25, 0.3) is 5.91 Å². The predicted molar refractivity (Wildman–Crippen MR) is 106 cm³/mol. The largest absolute Gasteiger partial charge is 0.391 e. The number of carbonyl (C=O) groups is 1. The van der Waals surface area contributed by atoms with Crippen molar-refractivity contribution in [1.82, 2.24) is 15.0 Å². The Balaban J connectivity index is 1.32. The molecule has 0 radical (unpaired) electrons. The molecule has 1 amide bonds. The van der Waals surface area contributed by atoms with Gasteiger partial charge in [0.05, 0.1) is 11.8 Å². The highest BCUT2D eigenvalue weighted by molar-refractivity contribution is 6.30. The predicted octanol–water partition coefficient (Wildman–Crippen LogP) is 3.30. The van der Waals surface area contributed by atoms with Crippen LogP contribution in [0, 0.1) is 0 Å². The van der Waals surface area contributed by atoms with E-state index < -0.39 is 6.10 Å². The van der Waals surface area contributed by atoms with Gasteiger partial charge in [-0.3, -0.25) is 9.69 Å². The van der Waals surface area contributed by atoms with Gasteiger partial charge >= 0.3 is 0 Å². The maximum absolute atomic E-state index is 12.6. The van der Waals surface area contributed by atoms with Crippen molar-refractivity contribution in [3.8, 4) is 0 Å². The van der Waals surface area contributed by atoms with Crippen molar-refractivity contribution < 1.29 is 14.4 Å². The molecule has 1 aromatic heterocycles. The van der Waals surface area contributed by atoms with Gasteiger partial charge in [-0.15, -0.1) is 0 Å². The highest BCUT2D eigenvalue weighted by Gasteiger charge is 2.28. The van der Waals surface area contributed by atoms with Crippen molar-refractivity contribution in [2.45, 2.75) is 44.2 Å². The summed E-state index contributed by atoms with van der Waals surface area (Å²) in [6.45, 7) is 3.88. The molecule has 0 saturated carbocycles. The molecule has 2 fully saturated rings. The summed E-state index contributed by atoms with van der Waals surface area (Å²) >= 11 is 6.08. The number of carbonyl (C=O) groups excluding carboxylic acids is 1. The summed E-state index contributed by atoms with van der Waals surface area (Å²) in [6.07, 6.45) is 3.11. The normalized spacial score (nSPS) is 21.8. The molecule has 0 unspecified atom stereocenters. The number of hydrogen-bond acceptors (Lipinski definition) is 5. The maximum Gasteiger partial charge on any atom is 0.292 e. The quantitative estimate of drug-likeness (QED) is 0.848. The van der Waals surface area contributed by atoms with E-state index in [1.54, 1.807) is 11.0 Å². The molecule has 3 heterocycles. The zero-order valence-corrected chi connectivity index (χ0v) is 16.6. The fourth-order valence-corrected chi connectivity index (χ4v) is 4.37. The van der Waals surface area contributed by atoms with E-state index in [1.807, 2.05) is 18.2 Å². The van der Waals surface area contributed by atoms with Crippen molar-refractivity contribution in [2.75, 3.05) is 26.2 Å². The molecule has 2 aromatic rings. The van der Waals surface area contributed by atoms with Crippen LogP contribution in [0.25, 0.3) is 0 Å². The Morgan fingerprint density at radius 1 is 1.21 bits per heavy atom. The smallest absolute Gasteiger partial charge is 0.292 e. The van der Waals surface area contributed by atoms with E-state index in [1.165, 1.54) is 5.56 Å². The summed E-state index contributed by atoms with van der Waals surface area (Å²) in [7, 11) is 0. The maximum atomic E-state index is 12.6. The van der Waals surface area contributed by atoms with Crippen LogP contribution in [0.4, 0.5) is 0 Å². The Labute approximate surface area is 170 Å². The van der Waals surface area contributed by atoms with Crippen LogP contribution in [-0.2, 0) is 6.54 Å². The number of benzene rings is 1. The van der Waals surface area contributed by atoms with Crippen LogP contribution >= 0.6 is 11.6 Å². The molecule has 0 aliphatic carbocycles. The van der Waals surface area contributed by atoms with Gasteiger partial charge in [-0.25, -0.2) is 0 Å². The highest BCUT2D eigenvalue weighted by atomic mass is 35.5. The molecule has 6 nitrogen and oxygen atoms in total. The molecule has 28 heavy (non-hydrogen) atoms. The summed E-state index contributed by atoms with van der Waals surface area (Å²) in [5.41, 5.74) is 2.09. The molecule has 2 saturated heterocycles. The van der Waals surface area contributed by atoms with Crippen LogP contribution in [0.1, 0.15) is 53.4 Å². The van der Waals surface area contributed by atoms with Gasteiger partial charge in [0.1, 0.15) is 0 Å². The molecule has 2 aliphatic heterocycles. The van der Waals surface area contributed by atoms with Gasteiger partial charge in [0, 0.05) is 36.6 Å². The lowest BCUT2D eigenvalue weighted by Gasteiger charge is -2.31. The first-order valence-electron chi connectivity index (χ1n) is 9.99. The third-order valence-electron chi connectivity index (χ3n) is 5.72. The fraction of sp³-hybridized carbons (Fsp3) is 0.524. The first-order valence-corrected chi connectivity index (χ1v) is 10.4. The molecule has 0 spiro atoms. The molecule has 1 atom stereocenters. The Morgan fingerprint density at radius 3 is 2.79 bits per heavy atom. The van der Waals surface area contributed by atoms with Crippen molar-refractivity contribution in [3.05, 3.63) is 52.4 Å². The average molecular weight is 404 g/mol. The van der Waals surface area contributed by atoms with Gasteiger partial charge < -0.3 is 14.5 Å². The number of hydrogen-bond donors (Lipinski definition) is 1. The monoisotopic (exact) mass is 403 g/mol. The van der Waals surface area contributed by atoms with E-state index in [0.717, 1.165) is 56.0 Å². The zero-order chi connectivity index (χ0) is 19.5. The molecule has 1 N–H and O–H groups in total. The SMILES string of the molecule is O=C(c1cc(C2CCN(Cc3cccc(Cl)c3)CC2)no1)N1CCC[C@@H](O)C1. The number of aliphatic hydroxyl groups is 1. The standard InChI is InChI=1S/C21H26ClN3O3/c22-17-4-1-3-15(11-17)13-24-9-6-16(7-10-24)19-12-20(28-23-19)21(27)25-8-2-5-18(26)14-25/h1,3-4,11-12,16,18,26H,2,5-10,13-14H2/t18-/m1/s1. The highest BCUT2D eigenvalue weighted by Crippen LogP contribution is 2.29. The minimum absolute atomic E-state index is 0.170. The molecule has 7 heteroatoms. The Morgan fingerprint density at radius 2 is 2.04 bits per heavy atom. The number of aliphatic hydroxyl groups excluding tert-OH is 1. The van der Waals surface area contributed by atoms with E-state index in [2.05, 4.69) is 16.1 Å². The Kier molecular flexibility index (Phi) is 5.99. The minimum atomic E-state index is -0.441. The number of β-amino-alcohol motifs (C(OH)–C–C–N with tert-alkyl or cyclic N) is 1. The van der Waals surface area contributed by atoms with Gasteiger partial charge in [-0.2, -0.15) is 0 Å². The van der Waals surface area contributed by atoms with Gasteiger partial charge in [-0.05, 0) is 56.5 Å². The zero-order valence-electron chi connectivity index (χ0n) is 15.9. The molecular formula is C21H26ClN3O3. The van der Waals surface area contributed by atoms with Crippen molar-refractivity contribution >= 4 is 17.5 Å². The number of aromatic nitrogens is 1. The van der Waals surface area contributed by atoms with Crippen LogP contribution < -0.4 is 0 Å². The lowest BCUT2D eigenvalue weighted by molar-refractivity contribution is 0.0441. The number of nitrogens with zero attached hydrogens (tertiary/aromatic N) is 3. The molecule has 4 rings (SSSR count). The topological polar surface area (TPSA) is 69.8 Å². The minimum Gasteiger partial charge on any atom is -0.391 e. The molecule has 150 valence electrons. The van der Waals surface area contributed by atoms with E-state index in [0.29, 0.717) is 19.0 Å². The number of amides is 1. The van der Waals surface area contributed by atoms with E-state index >= 15 is 0 Å². The molecule has 0 bridgehead atoms. The van der Waals surface area contributed by atoms with Crippen LogP contribution in [-0.4, -0.2) is 58.3 Å². The van der Waals surface area contributed by atoms with Crippen molar-refractivity contribution in [3.63, 3.8) is 0 Å². The van der Waals surface area contributed by atoms with Crippen LogP contribution in [0.15, 0.2) is 34.9 Å². The molecular weight excluding hydrogens is 378 g/mol. The fourth-order valence-electron chi connectivity index (χ4n) is 4.16. The number of likely N-dealkylation sites (tertiary alicyclic amines) is 2. The second-order valence-corrected chi connectivity index (χ2v) is 8.28. The Hall–Kier alpha value is -1.89. The molecule has 1 aromatic carbocycles. The second kappa shape index (κ2) is 8.64. The third-order valence-corrected chi connectivity index (χ3v) is 5.96. The molecule has 2 aliphatic rings. The lowest BCUT2D eigenvalue weighted by Crippen LogP contribution is -2.42. The number of halogens is 1. The first kappa shape index (κ1) is 19.4. The summed E-state index contributed by atoms with van der Waals surface area (Å²) < 4.78 is 5.35. The number of rotatable bonds is 4. The average Bonchev–Trinajstić information content (AvgIpc) is 3.18. The van der Waals surface area contributed by atoms with Gasteiger partial charge in [0.15, 0.2) is 0 Å². The first-order chi connectivity index (χ1) is 13.6. The third kappa shape index (κ3) is 4.57. The summed E-state index contributed by atoms with van der Waals surface area (Å²) in [5.74, 6) is 0.425. The number of piperidine rings is 2. The Bertz CT molecular complexity index is 817. The van der Waals surface area contributed by atoms with Gasteiger partial charge in [-0.1, -0.05) is 28.9 Å².